The summed E-state index contributed by atoms with van der Waals surface area (Å²) in [5.74, 6) is 0. The van der Waals surface area contributed by atoms with E-state index in [1.807, 2.05) is 14.1 Å². The fourth-order valence-corrected chi connectivity index (χ4v) is 3.37. The minimum atomic E-state index is 0.112. The van der Waals surface area contributed by atoms with Crippen molar-refractivity contribution in [3.05, 3.63) is 0 Å². The Morgan fingerprint density at radius 3 is 1.39 bits per heavy atom. The molecule has 0 heterocycles. The molecule has 0 rings (SSSR count). The quantitative estimate of drug-likeness (QED) is 0.322. The van der Waals surface area contributed by atoms with Gasteiger partial charge in [-0.3, -0.25) is 0 Å². The van der Waals surface area contributed by atoms with Gasteiger partial charge >= 0.3 is 0 Å². The van der Waals surface area contributed by atoms with Crippen molar-refractivity contribution < 1.29 is 0 Å². The molecule has 0 fully saturated rings. The second-order valence-electron chi connectivity index (χ2n) is 7.36. The van der Waals surface area contributed by atoms with Crippen LogP contribution in [0.25, 0.3) is 0 Å². The van der Waals surface area contributed by atoms with Crippen LogP contribution in [0.4, 0.5) is 0 Å². The van der Waals surface area contributed by atoms with Gasteiger partial charge in [0.25, 0.3) is 0 Å². The van der Waals surface area contributed by atoms with Crippen LogP contribution in [0.5, 0.6) is 0 Å². The lowest BCUT2D eigenvalue weighted by Gasteiger charge is -2.30. The van der Waals surface area contributed by atoms with E-state index in [2.05, 4.69) is 17.6 Å². The highest BCUT2D eigenvalue weighted by atomic mass is 14.8. The minimum Gasteiger partial charge on any atom is -0.325 e. The molecule has 0 atom stereocenters. The van der Waals surface area contributed by atoms with Crippen molar-refractivity contribution in [3.8, 4) is 0 Å². The van der Waals surface area contributed by atoms with Gasteiger partial charge in [-0.05, 0) is 59.3 Å². The second kappa shape index (κ2) is 16.7. The van der Waals surface area contributed by atoms with Crippen molar-refractivity contribution in [2.75, 3.05) is 27.2 Å². The Balaban J connectivity index is 3.93. The smallest absolute Gasteiger partial charge is 0.0154 e. The number of hydrogen-bond donors (Lipinski definition) is 3. The Hall–Kier alpha value is -0.120. The SMILES string of the molecule is CCCCCC(N)(CCCCCCNC)CCCCCCNC. The molecule has 0 bridgehead atoms. The van der Waals surface area contributed by atoms with Crippen molar-refractivity contribution in [1.29, 1.82) is 0 Å². The van der Waals surface area contributed by atoms with Gasteiger partial charge in [0.2, 0.25) is 0 Å². The Bertz CT molecular complexity index is 215. The lowest BCUT2D eigenvalue weighted by molar-refractivity contribution is 0.304. The molecule has 0 spiro atoms. The van der Waals surface area contributed by atoms with Gasteiger partial charge in [0.15, 0.2) is 0 Å². The van der Waals surface area contributed by atoms with Gasteiger partial charge in [0.05, 0.1) is 0 Å². The third kappa shape index (κ3) is 15.2. The zero-order chi connectivity index (χ0) is 17.2. The molecule has 0 radical (unpaired) electrons. The highest BCUT2D eigenvalue weighted by molar-refractivity contribution is 4.84. The fraction of sp³-hybridized carbons (Fsp3) is 1.00. The molecule has 0 aliphatic heterocycles. The molecule has 3 nitrogen and oxygen atoms in total. The standard InChI is InChI=1S/C20H45N3/c1-4-5-10-15-20(21,16-11-6-8-13-18-22-2)17-12-7-9-14-19-23-3/h22-23H,4-19,21H2,1-3H3. The summed E-state index contributed by atoms with van der Waals surface area (Å²) in [6.07, 6.45) is 18.2. The Morgan fingerprint density at radius 2 is 1.00 bits per heavy atom. The molecule has 0 saturated heterocycles. The van der Waals surface area contributed by atoms with Crippen LogP contribution in [0.2, 0.25) is 0 Å². The summed E-state index contributed by atoms with van der Waals surface area (Å²) in [7, 11) is 4.07. The largest absolute Gasteiger partial charge is 0.325 e. The summed E-state index contributed by atoms with van der Waals surface area (Å²) in [5.41, 5.74) is 6.91. The predicted molar refractivity (Wildman–Crippen MR) is 105 cm³/mol. The molecule has 0 aromatic rings. The van der Waals surface area contributed by atoms with E-state index in [-0.39, 0.29) is 5.54 Å². The maximum absolute atomic E-state index is 6.80. The first-order valence-electron chi connectivity index (χ1n) is 10.3. The van der Waals surface area contributed by atoms with E-state index in [4.69, 9.17) is 5.73 Å². The van der Waals surface area contributed by atoms with E-state index in [0.29, 0.717) is 0 Å². The van der Waals surface area contributed by atoms with Gasteiger partial charge in [0, 0.05) is 5.54 Å². The highest BCUT2D eigenvalue weighted by Gasteiger charge is 2.23. The maximum Gasteiger partial charge on any atom is 0.0154 e. The summed E-state index contributed by atoms with van der Waals surface area (Å²) in [6, 6.07) is 0. The van der Waals surface area contributed by atoms with Gasteiger partial charge in [-0.15, -0.1) is 0 Å². The lowest BCUT2D eigenvalue weighted by atomic mass is 9.83. The number of unbranched alkanes of at least 4 members (excludes halogenated alkanes) is 8. The molecular weight excluding hydrogens is 282 g/mol. The van der Waals surface area contributed by atoms with Crippen LogP contribution in [0, 0.1) is 0 Å². The molecule has 4 N–H and O–H groups in total. The first-order chi connectivity index (χ1) is 11.2. The van der Waals surface area contributed by atoms with Crippen LogP contribution >= 0.6 is 0 Å². The Kier molecular flexibility index (Phi) is 16.6. The number of rotatable bonds is 18. The molecule has 0 amide bonds. The number of hydrogen-bond acceptors (Lipinski definition) is 3. The third-order valence-electron chi connectivity index (χ3n) is 4.98. The molecule has 3 heteroatoms. The van der Waals surface area contributed by atoms with Crippen molar-refractivity contribution in [1.82, 2.24) is 10.6 Å². The zero-order valence-electron chi connectivity index (χ0n) is 16.4. The molecule has 0 aliphatic rings. The van der Waals surface area contributed by atoms with E-state index in [1.54, 1.807) is 0 Å². The third-order valence-corrected chi connectivity index (χ3v) is 4.98. The predicted octanol–water partition coefficient (Wildman–Crippen LogP) is 4.60. The highest BCUT2D eigenvalue weighted by Crippen LogP contribution is 2.26. The van der Waals surface area contributed by atoms with Crippen LogP contribution in [0.3, 0.4) is 0 Å². The van der Waals surface area contributed by atoms with Gasteiger partial charge in [-0.25, -0.2) is 0 Å². The van der Waals surface area contributed by atoms with E-state index < -0.39 is 0 Å². The van der Waals surface area contributed by atoms with Crippen LogP contribution < -0.4 is 16.4 Å². The maximum atomic E-state index is 6.80. The monoisotopic (exact) mass is 327 g/mol. The summed E-state index contributed by atoms with van der Waals surface area (Å²) in [5, 5.41) is 6.46. The van der Waals surface area contributed by atoms with Crippen LogP contribution in [-0.2, 0) is 0 Å². The van der Waals surface area contributed by atoms with Gasteiger partial charge in [0.1, 0.15) is 0 Å². The van der Waals surface area contributed by atoms with Crippen LogP contribution in [0.1, 0.15) is 96.8 Å². The van der Waals surface area contributed by atoms with Crippen LogP contribution in [0.15, 0.2) is 0 Å². The molecular formula is C20H45N3. The summed E-state index contributed by atoms with van der Waals surface area (Å²) in [4.78, 5) is 0. The average molecular weight is 328 g/mol. The Labute approximate surface area is 146 Å². The van der Waals surface area contributed by atoms with E-state index in [1.165, 1.54) is 89.9 Å². The zero-order valence-corrected chi connectivity index (χ0v) is 16.4. The fourth-order valence-electron chi connectivity index (χ4n) is 3.37. The molecule has 0 unspecified atom stereocenters. The van der Waals surface area contributed by atoms with Crippen molar-refractivity contribution in [2.45, 2.75) is 102 Å². The molecule has 140 valence electrons. The number of nitrogens with two attached hydrogens (primary N) is 1. The lowest BCUT2D eigenvalue weighted by Crippen LogP contribution is -2.39. The summed E-state index contributed by atoms with van der Waals surface area (Å²) >= 11 is 0. The van der Waals surface area contributed by atoms with Crippen LogP contribution in [-0.4, -0.2) is 32.7 Å². The minimum absolute atomic E-state index is 0.112. The van der Waals surface area contributed by atoms with Gasteiger partial charge in [-0.1, -0.05) is 64.7 Å². The first kappa shape index (κ1) is 22.9. The first-order valence-corrected chi connectivity index (χ1v) is 10.3. The van der Waals surface area contributed by atoms with E-state index in [9.17, 15) is 0 Å². The normalized spacial score (nSPS) is 12.0. The summed E-state index contributed by atoms with van der Waals surface area (Å²) in [6.45, 7) is 4.58. The molecule has 0 aromatic heterocycles. The molecule has 0 aromatic carbocycles. The van der Waals surface area contributed by atoms with E-state index in [0.717, 1.165) is 13.1 Å². The van der Waals surface area contributed by atoms with Crippen molar-refractivity contribution in [2.24, 2.45) is 5.73 Å². The topological polar surface area (TPSA) is 50.1 Å². The molecule has 0 saturated carbocycles. The number of nitrogens with one attached hydrogen (secondary N) is 2. The van der Waals surface area contributed by atoms with Crippen molar-refractivity contribution >= 4 is 0 Å². The summed E-state index contributed by atoms with van der Waals surface area (Å²) < 4.78 is 0. The van der Waals surface area contributed by atoms with E-state index >= 15 is 0 Å². The molecule has 23 heavy (non-hydrogen) atoms. The molecule has 0 aliphatic carbocycles. The van der Waals surface area contributed by atoms with Gasteiger partial charge < -0.3 is 16.4 Å². The average Bonchev–Trinajstić information content (AvgIpc) is 2.54. The Morgan fingerprint density at radius 1 is 0.609 bits per heavy atom. The van der Waals surface area contributed by atoms with Gasteiger partial charge in [-0.2, -0.15) is 0 Å². The second-order valence-corrected chi connectivity index (χ2v) is 7.36. The van der Waals surface area contributed by atoms with Crippen molar-refractivity contribution in [3.63, 3.8) is 0 Å².